The molecule has 0 aliphatic heterocycles. The van der Waals surface area contributed by atoms with Gasteiger partial charge in [-0.15, -0.1) is 0 Å². The normalized spacial score (nSPS) is 20.7. The average Bonchev–Trinajstić information content (AvgIpc) is 3.04. The van der Waals surface area contributed by atoms with E-state index in [-0.39, 0.29) is 23.5 Å². The summed E-state index contributed by atoms with van der Waals surface area (Å²) in [5.41, 5.74) is 2.82. The first-order valence-electron chi connectivity index (χ1n) is 10.2. The van der Waals surface area contributed by atoms with Gasteiger partial charge in [-0.05, 0) is 49.8 Å². The van der Waals surface area contributed by atoms with Gasteiger partial charge in [-0.2, -0.15) is 0 Å². The maximum atomic E-state index is 12.5. The molecule has 0 radical (unpaired) electrons. The molecule has 1 aliphatic rings. The number of hydrogen-bond donors (Lipinski definition) is 1. The zero-order chi connectivity index (χ0) is 20.1. The van der Waals surface area contributed by atoms with Gasteiger partial charge in [0.15, 0.2) is 0 Å². The number of benzene rings is 1. The smallest absolute Gasteiger partial charge is 0.232 e. The third-order valence-corrected chi connectivity index (χ3v) is 6.73. The zero-order valence-electron chi connectivity index (χ0n) is 17.0. The monoisotopic (exact) mass is 402 g/mol. The molecule has 1 fully saturated rings. The van der Waals surface area contributed by atoms with Crippen LogP contribution in [-0.2, 0) is 27.8 Å². The van der Waals surface area contributed by atoms with E-state index >= 15 is 0 Å². The lowest BCUT2D eigenvalue weighted by Gasteiger charge is -2.29. The quantitative estimate of drug-likeness (QED) is 0.755. The van der Waals surface area contributed by atoms with Crippen molar-refractivity contribution in [3.05, 3.63) is 41.3 Å². The van der Waals surface area contributed by atoms with Crippen LogP contribution < -0.4 is 5.32 Å². The Morgan fingerprint density at radius 1 is 1.25 bits per heavy atom. The molecule has 0 saturated heterocycles. The molecule has 5 nitrogen and oxygen atoms in total. The van der Waals surface area contributed by atoms with Crippen molar-refractivity contribution in [2.24, 2.45) is 5.92 Å². The fourth-order valence-corrected chi connectivity index (χ4v) is 4.75. The van der Waals surface area contributed by atoms with E-state index in [4.69, 9.17) is 4.42 Å². The first-order chi connectivity index (χ1) is 13.5. The van der Waals surface area contributed by atoms with Crippen LogP contribution in [0.15, 0.2) is 28.7 Å². The summed E-state index contributed by atoms with van der Waals surface area (Å²) in [6.45, 7) is 6.12. The van der Waals surface area contributed by atoms with Gasteiger partial charge >= 0.3 is 0 Å². The Morgan fingerprint density at radius 2 is 1.96 bits per heavy atom. The van der Waals surface area contributed by atoms with Crippen LogP contribution >= 0.6 is 0 Å². The molecule has 152 valence electrons. The number of amides is 1. The Bertz CT molecular complexity index is 829. The highest BCUT2D eigenvalue weighted by Gasteiger charge is 2.24. The lowest BCUT2D eigenvalue weighted by molar-refractivity contribution is -0.119. The minimum atomic E-state index is -1.31. The average molecular weight is 403 g/mol. The summed E-state index contributed by atoms with van der Waals surface area (Å²) in [5, 5.41) is 3.07. The Hall–Kier alpha value is -1.95. The van der Waals surface area contributed by atoms with Gasteiger partial charge < -0.3 is 9.73 Å². The molecular weight excluding hydrogens is 372 g/mol. The lowest BCUT2D eigenvalue weighted by Crippen LogP contribution is -2.42. The van der Waals surface area contributed by atoms with Crippen molar-refractivity contribution in [2.75, 3.05) is 5.75 Å². The van der Waals surface area contributed by atoms with Crippen molar-refractivity contribution in [3.8, 4) is 11.5 Å². The lowest BCUT2D eigenvalue weighted by atomic mass is 9.86. The fourth-order valence-electron chi connectivity index (χ4n) is 3.70. The van der Waals surface area contributed by atoms with E-state index in [2.05, 4.69) is 36.3 Å². The summed E-state index contributed by atoms with van der Waals surface area (Å²) in [5.74, 6) is 1.79. The molecule has 2 aromatic rings. The molecule has 0 spiro atoms. The van der Waals surface area contributed by atoms with Crippen molar-refractivity contribution < 1.29 is 13.4 Å². The molecule has 1 aliphatic carbocycles. The summed E-state index contributed by atoms with van der Waals surface area (Å²) >= 11 is 0. The van der Waals surface area contributed by atoms with Gasteiger partial charge in [-0.1, -0.05) is 38.8 Å². The highest BCUT2D eigenvalue weighted by atomic mass is 32.2. The third kappa shape index (κ3) is 5.31. The summed E-state index contributed by atoms with van der Waals surface area (Å²) in [4.78, 5) is 16.8. The van der Waals surface area contributed by atoms with E-state index < -0.39 is 10.8 Å². The number of rotatable bonds is 7. The number of nitrogens with one attached hydrogen (secondary N) is 1. The van der Waals surface area contributed by atoms with E-state index in [1.807, 2.05) is 19.1 Å². The van der Waals surface area contributed by atoms with Gasteiger partial charge in [0, 0.05) is 22.4 Å². The van der Waals surface area contributed by atoms with Crippen LogP contribution in [0.5, 0.6) is 0 Å². The van der Waals surface area contributed by atoms with Crippen LogP contribution in [0.3, 0.4) is 0 Å². The topological polar surface area (TPSA) is 72.2 Å². The second-order valence-corrected chi connectivity index (χ2v) is 9.19. The maximum absolute atomic E-state index is 12.5. The minimum Gasteiger partial charge on any atom is -0.441 e. The highest BCUT2D eigenvalue weighted by molar-refractivity contribution is 7.84. The zero-order valence-corrected chi connectivity index (χ0v) is 17.8. The summed E-state index contributed by atoms with van der Waals surface area (Å²) in [6.07, 6.45) is 5.53. The standard InChI is InChI=1S/C22H30N2O3S/c1-4-17-9-11-18(12-10-17)22-24-20(16(3)27-22)13-28(26)14-21(25)23-19-8-6-5-7-15(19)2/h9-12,15,19H,4-8,13-14H2,1-3H3,(H,23,25)/t15-,19+,28+/m1/s1. The Balaban J connectivity index is 1.57. The van der Waals surface area contributed by atoms with Gasteiger partial charge in [-0.3, -0.25) is 9.00 Å². The number of hydrogen-bond acceptors (Lipinski definition) is 4. The largest absolute Gasteiger partial charge is 0.441 e. The molecule has 3 rings (SSSR count). The van der Waals surface area contributed by atoms with Gasteiger partial charge in [0.1, 0.15) is 11.5 Å². The number of carbonyl (C=O) groups is 1. The number of nitrogens with zero attached hydrogens (tertiary/aromatic N) is 1. The molecule has 1 heterocycles. The van der Waals surface area contributed by atoms with Crippen molar-refractivity contribution in [1.82, 2.24) is 10.3 Å². The molecule has 6 heteroatoms. The van der Waals surface area contributed by atoms with Crippen LogP contribution in [0.25, 0.3) is 11.5 Å². The first kappa shape index (κ1) is 20.8. The van der Waals surface area contributed by atoms with Crippen LogP contribution in [0.1, 0.15) is 56.5 Å². The molecule has 1 aromatic heterocycles. The predicted octanol–water partition coefficient (Wildman–Crippen LogP) is 4.16. The van der Waals surface area contributed by atoms with Crippen LogP contribution in [0.4, 0.5) is 0 Å². The number of aromatic nitrogens is 1. The fraction of sp³-hybridized carbons (Fsp3) is 0.545. The summed E-state index contributed by atoms with van der Waals surface area (Å²) < 4.78 is 18.3. The highest BCUT2D eigenvalue weighted by Crippen LogP contribution is 2.24. The molecule has 0 bridgehead atoms. The Kier molecular flexibility index (Phi) is 7.05. The van der Waals surface area contributed by atoms with Crippen LogP contribution in [0, 0.1) is 12.8 Å². The SMILES string of the molecule is CCc1ccc(-c2nc(C[S@](=O)CC(=O)N[C@H]3CCCC[C@H]3C)c(C)o2)cc1. The van der Waals surface area contributed by atoms with E-state index in [0.29, 0.717) is 23.3 Å². The molecule has 1 N–H and O–H groups in total. The van der Waals surface area contributed by atoms with Crippen molar-refractivity contribution in [2.45, 2.75) is 64.7 Å². The Labute approximate surface area is 169 Å². The number of oxazole rings is 1. The molecule has 1 amide bonds. The van der Waals surface area contributed by atoms with Crippen molar-refractivity contribution in [1.29, 1.82) is 0 Å². The maximum Gasteiger partial charge on any atom is 0.232 e. The Morgan fingerprint density at radius 3 is 2.64 bits per heavy atom. The first-order valence-corrected chi connectivity index (χ1v) is 11.6. The summed E-state index contributed by atoms with van der Waals surface area (Å²) in [7, 11) is -1.31. The van der Waals surface area contributed by atoms with Crippen molar-refractivity contribution >= 4 is 16.7 Å². The second kappa shape index (κ2) is 9.50. The van der Waals surface area contributed by atoms with Crippen LogP contribution in [0.2, 0.25) is 0 Å². The molecular formula is C22H30N2O3S. The molecule has 1 saturated carbocycles. The number of carbonyl (C=O) groups excluding carboxylic acids is 1. The predicted molar refractivity (Wildman–Crippen MR) is 112 cm³/mol. The van der Waals surface area contributed by atoms with Crippen molar-refractivity contribution in [3.63, 3.8) is 0 Å². The minimum absolute atomic E-state index is 0.00997. The van der Waals surface area contributed by atoms with E-state index in [0.717, 1.165) is 31.2 Å². The molecule has 3 atom stereocenters. The second-order valence-electron chi connectivity index (χ2n) is 7.74. The van der Waals surface area contributed by atoms with E-state index in [1.165, 1.54) is 12.0 Å². The van der Waals surface area contributed by atoms with Gasteiger partial charge in [0.05, 0.1) is 11.4 Å². The molecule has 28 heavy (non-hydrogen) atoms. The summed E-state index contributed by atoms with van der Waals surface area (Å²) in [6, 6.07) is 8.31. The molecule has 1 aromatic carbocycles. The van der Waals surface area contributed by atoms with E-state index in [1.54, 1.807) is 0 Å². The van der Waals surface area contributed by atoms with Gasteiger partial charge in [0.25, 0.3) is 0 Å². The van der Waals surface area contributed by atoms with Gasteiger partial charge in [0.2, 0.25) is 11.8 Å². The molecule has 0 unspecified atom stereocenters. The van der Waals surface area contributed by atoms with Gasteiger partial charge in [-0.25, -0.2) is 4.98 Å². The number of aryl methyl sites for hydroxylation is 2. The van der Waals surface area contributed by atoms with Crippen LogP contribution in [-0.4, -0.2) is 26.9 Å². The third-order valence-electron chi connectivity index (χ3n) is 5.55. The van der Waals surface area contributed by atoms with E-state index in [9.17, 15) is 9.00 Å².